The lowest BCUT2D eigenvalue weighted by molar-refractivity contribution is 0.0955. The van der Waals surface area contributed by atoms with Gasteiger partial charge in [-0.25, -0.2) is 0 Å². The number of hydrogen-bond donors (Lipinski definition) is 4. The molecule has 0 fully saturated rings. The van der Waals surface area contributed by atoms with E-state index in [1.807, 2.05) is 13.8 Å². The largest absolute Gasteiger partial charge is 0.396 e. The van der Waals surface area contributed by atoms with Crippen LogP contribution in [0.5, 0.6) is 0 Å². The van der Waals surface area contributed by atoms with Gasteiger partial charge in [0.2, 0.25) is 0 Å². The van der Waals surface area contributed by atoms with Crippen LogP contribution in [0.3, 0.4) is 0 Å². The molecule has 7 nitrogen and oxygen atoms in total. The number of amides is 2. The summed E-state index contributed by atoms with van der Waals surface area (Å²) in [5.41, 5.74) is 8.06. The first kappa shape index (κ1) is 14.6. The van der Waals surface area contributed by atoms with Crippen molar-refractivity contribution in [1.82, 2.24) is 15.5 Å². The maximum Gasteiger partial charge on any atom is 0.275 e. The van der Waals surface area contributed by atoms with Crippen molar-refractivity contribution < 1.29 is 9.59 Å². The van der Waals surface area contributed by atoms with Crippen LogP contribution in [0, 0.1) is 6.92 Å². The number of anilines is 2. The van der Waals surface area contributed by atoms with Gasteiger partial charge in [0.15, 0.2) is 0 Å². The monoisotopic (exact) mass is 287 g/mol. The van der Waals surface area contributed by atoms with E-state index in [-0.39, 0.29) is 23.2 Å². The predicted octanol–water partition coefficient (Wildman–Crippen LogP) is 1.30. The van der Waals surface area contributed by atoms with Gasteiger partial charge in [-0.05, 0) is 37.6 Å². The highest BCUT2D eigenvalue weighted by atomic mass is 16.2. The Balaban J connectivity index is 2.16. The quantitative estimate of drug-likeness (QED) is 0.678. The zero-order valence-electron chi connectivity index (χ0n) is 11.9. The summed E-state index contributed by atoms with van der Waals surface area (Å²) in [5.74, 6) is -0.518. The number of H-pyrrole nitrogens is 1. The molecule has 0 aliphatic rings. The van der Waals surface area contributed by atoms with E-state index in [0.29, 0.717) is 17.8 Å². The zero-order valence-corrected chi connectivity index (χ0v) is 11.9. The van der Waals surface area contributed by atoms with Crippen molar-refractivity contribution in [3.05, 3.63) is 41.2 Å². The van der Waals surface area contributed by atoms with Crippen molar-refractivity contribution in [2.24, 2.45) is 0 Å². The molecule has 0 unspecified atom stereocenters. The van der Waals surface area contributed by atoms with Crippen LogP contribution in [-0.4, -0.2) is 28.6 Å². The summed E-state index contributed by atoms with van der Waals surface area (Å²) in [4.78, 5) is 23.8. The maximum atomic E-state index is 12.0. The minimum atomic E-state index is -0.376. The Morgan fingerprint density at radius 2 is 2.10 bits per heavy atom. The van der Waals surface area contributed by atoms with Gasteiger partial charge in [0.05, 0.1) is 11.9 Å². The summed E-state index contributed by atoms with van der Waals surface area (Å²) in [6, 6.07) is 5.06. The van der Waals surface area contributed by atoms with E-state index in [1.54, 1.807) is 18.2 Å². The molecule has 2 rings (SSSR count). The Morgan fingerprint density at radius 3 is 2.67 bits per heavy atom. The molecule has 1 heterocycles. The molecule has 0 saturated carbocycles. The molecule has 5 N–H and O–H groups in total. The summed E-state index contributed by atoms with van der Waals surface area (Å²) in [5, 5.41) is 11.7. The van der Waals surface area contributed by atoms with Crippen LogP contribution in [0.25, 0.3) is 0 Å². The SMILES string of the molecule is CCNC(=O)c1ccc(NC(=O)c2[nH]ncc2N)c(C)c1. The highest BCUT2D eigenvalue weighted by Gasteiger charge is 2.14. The smallest absolute Gasteiger partial charge is 0.275 e. The molecule has 0 saturated heterocycles. The lowest BCUT2D eigenvalue weighted by Crippen LogP contribution is -2.23. The average molecular weight is 287 g/mol. The molecular weight excluding hydrogens is 270 g/mol. The first-order chi connectivity index (χ1) is 10.0. The third-order valence-corrected chi connectivity index (χ3v) is 2.97. The second-order valence-electron chi connectivity index (χ2n) is 4.54. The second-order valence-corrected chi connectivity index (χ2v) is 4.54. The fourth-order valence-corrected chi connectivity index (χ4v) is 1.87. The Kier molecular flexibility index (Phi) is 4.22. The lowest BCUT2D eigenvalue weighted by Gasteiger charge is -2.10. The summed E-state index contributed by atoms with van der Waals surface area (Å²) in [6.07, 6.45) is 1.37. The second kappa shape index (κ2) is 6.08. The number of carbonyl (C=O) groups excluding carboxylic acids is 2. The number of aromatic nitrogens is 2. The zero-order chi connectivity index (χ0) is 15.4. The molecule has 0 aliphatic heterocycles. The van der Waals surface area contributed by atoms with Gasteiger partial charge in [-0.1, -0.05) is 0 Å². The highest BCUT2D eigenvalue weighted by Crippen LogP contribution is 2.18. The Bertz CT molecular complexity index is 678. The van der Waals surface area contributed by atoms with E-state index >= 15 is 0 Å². The molecule has 0 bridgehead atoms. The van der Waals surface area contributed by atoms with Crippen LogP contribution in [-0.2, 0) is 0 Å². The highest BCUT2D eigenvalue weighted by molar-refractivity contribution is 6.06. The maximum absolute atomic E-state index is 12.0. The molecule has 21 heavy (non-hydrogen) atoms. The lowest BCUT2D eigenvalue weighted by atomic mass is 10.1. The van der Waals surface area contributed by atoms with E-state index < -0.39 is 0 Å². The van der Waals surface area contributed by atoms with Crippen LogP contribution in [0.1, 0.15) is 33.3 Å². The number of nitrogens with one attached hydrogen (secondary N) is 3. The van der Waals surface area contributed by atoms with Gasteiger partial charge in [-0.15, -0.1) is 0 Å². The summed E-state index contributed by atoms with van der Waals surface area (Å²) in [6.45, 7) is 4.23. The summed E-state index contributed by atoms with van der Waals surface area (Å²) >= 11 is 0. The fraction of sp³-hybridized carbons (Fsp3) is 0.214. The number of benzene rings is 1. The number of nitrogens with zero attached hydrogens (tertiary/aromatic N) is 1. The third kappa shape index (κ3) is 3.19. The van der Waals surface area contributed by atoms with E-state index in [9.17, 15) is 9.59 Å². The molecule has 2 amide bonds. The topological polar surface area (TPSA) is 113 Å². The number of nitrogens with two attached hydrogens (primary N) is 1. The van der Waals surface area contributed by atoms with E-state index in [0.717, 1.165) is 5.56 Å². The molecule has 0 aliphatic carbocycles. The Hall–Kier alpha value is -2.83. The number of aryl methyl sites for hydroxylation is 1. The van der Waals surface area contributed by atoms with Gasteiger partial charge in [-0.2, -0.15) is 5.10 Å². The summed E-state index contributed by atoms with van der Waals surface area (Å²) in [7, 11) is 0. The fourth-order valence-electron chi connectivity index (χ4n) is 1.87. The number of hydrogen-bond acceptors (Lipinski definition) is 4. The van der Waals surface area contributed by atoms with Crippen LogP contribution in [0.15, 0.2) is 24.4 Å². The minimum absolute atomic E-state index is 0.142. The van der Waals surface area contributed by atoms with E-state index in [2.05, 4.69) is 20.8 Å². The molecule has 1 aromatic heterocycles. The molecule has 2 aromatic rings. The molecule has 0 atom stereocenters. The van der Waals surface area contributed by atoms with Crippen molar-refractivity contribution >= 4 is 23.2 Å². The van der Waals surface area contributed by atoms with E-state index in [4.69, 9.17) is 5.73 Å². The first-order valence-corrected chi connectivity index (χ1v) is 6.52. The molecule has 110 valence electrons. The average Bonchev–Trinajstić information content (AvgIpc) is 2.87. The van der Waals surface area contributed by atoms with Gasteiger partial charge in [-0.3, -0.25) is 14.7 Å². The van der Waals surface area contributed by atoms with Crippen LogP contribution in [0.4, 0.5) is 11.4 Å². The number of nitrogen functional groups attached to an aromatic ring is 1. The first-order valence-electron chi connectivity index (χ1n) is 6.52. The predicted molar refractivity (Wildman–Crippen MR) is 80.1 cm³/mol. The van der Waals surface area contributed by atoms with Crippen molar-refractivity contribution in [2.75, 3.05) is 17.6 Å². The van der Waals surface area contributed by atoms with E-state index in [1.165, 1.54) is 6.20 Å². The third-order valence-electron chi connectivity index (χ3n) is 2.97. The van der Waals surface area contributed by atoms with Gasteiger partial charge >= 0.3 is 0 Å². The molecule has 7 heteroatoms. The molecule has 0 radical (unpaired) electrons. The van der Waals surface area contributed by atoms with Crippen LogP contribution < -0.4 is 16.4 Å². The normalized spacial score (nSPS) is 10.2. The van der Waals surface area contributed by atoms with Gasteiger partial charge in [0.25, 0.3) is 11.8 Å². The van der Waals surface area contributed by atoms with Crippen molar-refractivity contribution in [3.8, 4) is 0 Å². The molecular formula is C14H17N5O2. The number of rotatable bonds is 4. The molecule has 1 aromatic carbocycles. The van der Waals surface area contributed by atoms with Gasteiger partial charge in [0.1, 0.15) is 5.69 Å². The standard InChI is InChI=1S/C14H17N5O2/c1-3-16-13(20)9-4-5-11(8(2)6-9)18-14(21)12-10(15)7-17-19-12/h4-7H,3,15H2,1-2H3,(H,16,20)(H,17,19)(H,18,21). The van der Waals surface area contributed by atoms with Crippen molar-refractivity contribution in [2.45, 2.75) is 13.8 Å². The van der Waals surface area contributed by atoms with Crippen molar-refractivity contribution in [3.63, 3.8) is 0 Å². The van der Waals surface area contributed by atoms with Gasteiger partial charge < -0.3 is 16.4 Å². The molecule has 0 spiro atoms. The number of carbonyl (C=O) groups is 2. The van der Waals surface area contributed by atoms with Crippen LogP contribution in [0.2, 0.25) is 0 Å². The Labute approximate surface area is 121 Å². The number of aromatic amines is 1. The van der Waals surface area contributed by atoms with Gasteiger partial charge in [0, 0.05) is 17.8 Å². The van der Waals surface area contributed by atoms with Crippen LogP contribution >= 0.6 is 0 Å². The summed E-state index contributed by atoms with van der Waals surface area (Å²) < 4.78 is 0. The van der Waals surface area contributed by atoms with Crippen molar-refractivity contribution in [1.29, 1.82) is 0 Å². The Morgan fingerprint density at radius 1 is 1.33 bits per heavy atom. The minimum Gasteiger partial charge on any atom is -0.396 e.